The molecule has 3 N–H and O–H groups in total. The third-order valence-corrected chi connectivity index (χ3v) is 3.39. The molecule has 1 aromatic rings. The number of nitrogens with two attached hydrogens (primary N) is 1. The minimum absolute atomic E-state index is 0.144. The molecule has 0 spiro atoms. The fourth-order valence-corrected chi connectivity index (χ4v) is 2.15. The maximum atomic E-state index is 11.9. The number of aromatic nitrogens is 2. The lowest BCUT2D eigenvalue weighted by Crippen LogP contribution is -2.39. The molecule has 1 saturated heterocycles. The van der Waals surface area contributed by atoms with Gasteiger partial charge in [-0.25, -0.2) is 4.68 Å². The van der Waals surface area contributed by atoms with Crippen LogP contribution in [-0.2, 0) is 16.1 Å². The zero-order valence-corrected chi connectivity index (χ0v) is 11.2. The first-order valence-electron chi connectivity index (χ1n) is 6.34. The van der Waals surface area contributed by atoms with Gasteiger partial charge in [-0.15, -0.1) is 0 Å². The maximum Gasteiger partial charge on any atom is 0.322 e. The molecule has 0 radical (unpaired) electrons. The molecule has 0 amide bonds. The van der Waals surface area contributed by atoms with Crippen LogP contribution in [-0.4, -0.2) is 53.2 Å². The van der Waals surface area contributed by atoms with Gasteiger partial charge in [-0.3, -0.25) is 9.59 Å². The van der Waals surface area contributed by atoms with E-state index in [0.29, 0.717) is 0 Å². The number of hydrogen-bond acceptors (Lipinski definition) is 6. The second kappa shape index (κ2) is 6.02. The second-order valence-corrected chi connectivity index (χ2v) is 4.77. The van der Waals surface area contributed by atoms with Gasteiger partial charge in [0.2, 0.25) is 0 Å². The Labute approximate surface area is 115 Å². The van der Waals surface area contributed by atoms with E-state index in [9.17, 15) is 9.59 Å². The largest absolute Gasteiger partial charge is 0.480 e. The third kappa shape index (κ3) is 3.14. The molecule has 0 saturated carbocycles. The van der Waals surface area contributed by atoms with E-state index in [2.05, 4.69) is 5.10 Å². The Kier molecular flexibility index (Phi) is 4.35. The van der Waals surface area contributed by atoms with E-state index >= 15 is 0 Å². The minimum atomic E-state index is -1.16. The quantitative estimate of drug-likeness (QED) is 0.703. The number of methoxy groups -OCH3 is 1. The highest BCUT2D eigenvalue weighted by Crippen LogP contribution is 2.19. The van der Waals surface area contributed by atoms with E-state index < -0.39 is 12.0 Å². The van der Waals surface area contributed by atoms with Gasteiger partial charge >= 0.3 is 5.97 Å². The molecule has 1 aliphatic rings. The van der Waals surface area contributed by atoms with Gasteiger partial charge in [-0.05, 0) is 6.42 Å². The maximum absolute atomic E-state index is 11.9. The molecule has 8 nitrogen and oxygen atoms in total. The predicted molar refractivity (Wildman–Crippen MR) is 71.7 cm³/mol. The molecule has 2 rings (SSSR count). The van der Waals surface area contributed by atoms with Crippen molar-refractivity contribution in [3.8, 4) is 0 Å². The molecule has 2 atom stereocenters. The summed E-state index contributed by atoms with van der Waals surface area (Å²) in [7, 11) is 1.66. The van der Waals surface area contributed by atoms with E-state index in [-0.39, 0.29) is 18.2 Å². The Balaban J connectivity index is 2.10. The van der Waals surface area contributed by atoms with Crippen molar-refractivity contribution in [1.82, 2.24) is 9.78 Å². The van der Waals surface area contributed by atoms with Crippen LogP contribution < -0.4 is 16.2 Å². The highest BCUT2D eigenvalue weighted by Gasteiger charge is 2.23. The van der Waals surface area contributed by atoms with Crippen LogP contribution in [0.2, 0.25) is 0 Å². The molecular formula is C12H18N4O4. The highest BCUT2D eigenvalue weighted by atomic mass is 16.5. The van der Waals surface area contributed by atoms with Crippen LogP contribution in [0.15, 0.2) is 17.1 Å². The van der Waals surface area contributed by atoms with E-state index in [1.165, 1.54) is 6.07 Å². The van der Waals surface area contributed by atoms with Crippen molar-refractivity contribution < 1.29 is 14.6 Å². The van der Waals surface area contributed by atoms with Crippen LogP contribution in [0, 0.1) is 0 Å². The Hall–Kier alpha value is -1.93. The summed E-state index contributed by atoms with van der Waals surface area (Å²) in [5.74, 6) is -1.16. The van der Waals surface area contributed by atoms with Crippen LogP contribution in [0.3, 0.4) is 0 Å². The predicted octanol–water partition coefficient (Wildman–Crippen LogP) is -1.12. The SMILES string of the molecule is COC1CCN(c2cnn(CC(N)C(=O)O)c(=O)c2)C1. The zero-order chi connectivity index (χ0) is 14.7. The van der Waals surface area contributed by atoms with Crippen molar-refractivity contribution in [3.05, 3.63) is 22.6 Å². The number of rotatable bonds is 5. The van der Waals surface area contributed by atoms with Crippen molar-refractivity contribution in [2.24, 2.45) is 5.73 Å². The Morgan fingerprint density at radius 1 is 1.70 bits per heavy atom. The van der Waals surface area contributed by atoms with Gasteiger partial charge in [-0.1, -0.05) is 0 Å². The number of anilines is 1. The summed E-state index contributed by atoms with van der Waals surface area (Å²) in [6, 6.07) is 0.301. The van der Waals surface area contributed by atoms with Crippen LogP contribution in [0.5, 0.6) is 0 Å². The number of ether oxygens (including phenoxy) is 1. The van der Waals surface area contributed by atoms with Gasteiger partial charge in [0, 0.05) is 26.3 Å². The molecule has 1 fully saturated rings. The Morgan fingerprint density at radius 2 is 2.45 bits per heavy atom. The summed E-state index contributed by atoms with van der Waals surface area (Å²) in [5.41, 5.74) is 5.74. The fraction of sp³-hybridized carbons (Fsp3) is 0.583. The number of aliphatic carboxylic acids is 1. The summed E-state index contributed by atoms with van der Waals surface area (Å²) in [4.78, 5) is 24.6. The average molecular weight is 282 g/mol. The normalized spacial score (nSPS) is 20.1. The summed E-state index contributed by atoms with van der Waals surface area (Å²) in [6.45, 7) is 1.38. The number of carboxylic acid groups (broad SMARTS) is 1. The first-order chi connectivity index (χ1) is 9.51. The molecule has 0 aliphatic carbocycles. The molecular weight excluding hydrogens is 264 g/mol. The topological polar surface area (TPSA) is 111 Å². The van der Waals surface area contributed by atoms with Gasteiger partial charge in [-0.2, -0.15) is 5.10 Å². The molecule has 1 aromatic heterocycles. The first kappa shape index (κ1) is 14.5. The number of nitrogens with zero attached hydrogens (tertiary/aromatic N) is 3. The van der Waals surface area contributed by atoms with Crippen LogP contribution >= 0.6 is 0 Å². The number of carbonyl (C=O) groups is 1. The molecule has 0 aromatic carbocycles. The van der Waals surface area contributed by atoms with Gasteiger partial charge in [0.25, 0.3) is 5.56 Å². The average Bonchev–Trinajstić information content (AvgIpc) is 2.89. The molecule has 8 heteroatoms. The van der Waals surface area contributed by atoms with Crippen molar-refractivity contribution in [2.75, 3.05) is 25.1 Å². The lowest BCUT2D eigenvalue weighted by Gasteiger charge is -2.18. The summed E-state index contributed by atoms with van der Waals surface area (Å²) in [5, 5.41) is 12.7. The Bertz CT molecular complexity index is 545. The highest BCUT2D eigenvalue weighted by molar-refractivity contribution is 5.72. The first-order valence-corrected chi connectivity index (χ1v) is 6.34. The summed E-state index contributed by atoms with van der Waals surface area (Å²) >= 11 is 0. The molecule has 2 heterocycles. The fourth-order valence-electron chi connectivity index (χ4n) is 2.15. The standard InChI is InChI=1S/C12H18N4O4/c1-20-9-2-3-15(6-9)8-4-11(17)16(14-5-8)7-10(13)12(18)19/h4-5,9-10H,2-3,6-7,13H2,1H3,(H,18,19). The summed E-state index contributed by atoms with van der Waals surface area (Å²) in [6.07, 6.45) is 2.62. The molecule has 1 aliphatic heterocycles. The van der Waals surface area contributed by atoms with Crippen molar-refractivity contribution in [2.45, 2.75) is 25.1 Å². The van der Waals surface area contributed by atoms with Crippen LogP contribution in [0.4, 0.5) is 5.69 Å². The Morgan fingerprint density at radius 3 is 3.00 bits per heavy atom. The van der Waals surface area contributed by atoms with Gasteiger partial charge in [0.15, 0.2) is 0 Å². The van der Waals surface area contributed by atoms with E-state index in [4.69, 9.17) is 15.6 Å². The lowest BCUT2D eigenvalue weighted by atomic mass is 10.3. The zero-order valence-electron chi connectivity index (χ0n) is 11.2. The van der Waals surface area contributed by atoms with Crippen LogP contribution in [0.1, 0.15) is 6.42 Å². The molecule has 110 valence electrons. The van der Waals surface area contributed by atoms with Crippen LogP contribution in [0.25, 0.3) is 0 Å². The molecule has 0 bridgehead atoms. The molecule has 20 heavy (non-hydrogen) atoms. The third-order valence-electron chi connectivity index (χ3n) is 3.39. The summed E-state index contributed by atoms with van der Waals surface area (Å²) < 4.78 is 6.33. The number of carboxylic acids is 1. The monoisotopic (exact) mass is 282 g/mol. The second-order valence-electron chi connectivity index (χ2n) is 4.77. The van der Waals surface area contributed by atoms with Gasteiger partial charge in [0.05, 0.1) is 24.5 Å². The lowest BCUT2D eigenvalue weighted by molar-refractivity contribution is -0.138. The van der Waals surface area contributed by atoms with E-state index in [0.717, 1.165) is 29.9 Å². The molecule has 2 unspecified atom stereocenters. The van der Waals surface area contributed by atoms with E-state index in [1.54, 1.807) is 13.3 Å². The van der Waals surface area contributed by atoms with Gasteiger partial charge < -0.3 is 20.5 Å². The minimum Gasteiger partial charge on any atom is -0.480 e. The van der Waals surface area contributed by atoms with E-state index in [1.807, 2.05) is 4.90 Å². The number of hydrogen-bond donors (Lipinski definition) is 2. The van der Waals surface area contributed by atoms with Crippen molar-refractivity contribution in [1.29, 1.82) is 0 Å². The van der Waals surface area contributed by atoms with Crippen molar-refractivity contribution in [3.63, 3.8) is 0 Å². The van der Waals surface area contributed by atoms with Gasteiger partial charge in [0.1, 0.15) is 6.04 Å². The smallest absolute Gasteiger partial charge is 0.322 e. The van der Waals surface area contributed by atoms with Crippen molar-refractivity contribution >= 4 is 11.7 Å².